The molecule has 1 atom stereocenters. The van der Waals surface area contributed by atoms with Crippen LogP contribution in [0.25, 0.3) is 0 Å². The second-order valence-corrected chi connectivity index (χ2v) is 7.08. The Morgan fingerprint density at radius 1 is 1.00 bits per heavy atom. The third-order valence-corrected chi connectivity index (χ3v) is 4.87. The number of hydrogen-bond acceptors (Lipinski definition) is 5. The zero-order chi connectivity index (χ0) is 20.5. The summed E-state index contributed by atoms with van der Waals surface area (Å²) in [7, 11) is 0. The van der Waals surface area contributed by atoms with E-state index >= 15 is 0 Å². The third kappa shape index (κ3) is 6.24. The van der Waals surface area contributed by atoms with E-state index in [0.717, 1.165) is 18.8 Å². The highest BCUT2D eigenvalue weighted by molar-refractivity contribution is 5.93. The molecule has 0 bridgehead atoms. The van der Waals surface area contributed by atoms with E-state index in [1.165, 1.54) is 19.3 Å². The minimum Gasteiger partial charge on any atom is -0.479 e. The average Bonchev–Trinajstić information content (AvgIpc) is 2.77. The SMILES string of the molecule is CC[C@@H](Oc1ccccc1)C(=O)OCC(=O)Nc1ccc(N2CCCCC2)cc1. The molecule has 0 saturated carbocycles. The Balaban J connectivity index is 1.45. The smallest absolute Gasteiger partial charge is 0.347 e. The van der Waals surface area contributed by atoms with E-state index in [1.807, 2.05) is 49.4 Å². The lowest BCUT2D eigenvalue weighted by Crippen LogP contribution is -2.31. The fourth-order valence-corrected chi connectivity index (χ4v) is 3.30. The van der Waals surface area contributed by atoms with E-state index in [4.69, 9.17) is 9.47 Å². The molecule has 1 N–H and O–H groups in total. The highest BCUT2D eigenvalue weighted by Gasteiger charge is 2.21. The summed E-state index contributed by atoms with van der Waals surface area (Å²) in [5.74, 6) is -0.333. The number of hydrogen-bond donors (Lipinski definition) is 1. The van der Waals surface area contributed by atoms with Crippen molar-refractivity contribution in [2.24, 2.45) is 0 Å². The fourth-order valence-electron chi connectivity index (χ4n) is 3.30. The minimum absolute atomic E-state index is 0.346. The van der Waals surface area contributed by atoms with Crippen LogP contribution in [0.1, 0.15) is 32.6 Å². The molecule has 6 nitrogen and oxygen atoms in total. The molecule has 1 saturated heterocycles. The number of anilines is 2. The average molecular weight is 396 g/mol. The standard InChI is InChI=1S/C23H28N2O4/c1-2-21(29-20-9-5-3-6-10-20)23(27)28-17-22(26)24-18-11-13-19(14-12-18)25-15-7-4-8-16-25/h3,5-6,9-14,21H,2,4,7-8,15-17H2,1H3,(H,24,26)/t21-/m1/s1. The molecule has 0 aromatic heterocycles. The van der Waals surface area contributed by atoms with Gasteiger partial charge < -0.3 is 19.7 Å². The van der Waals surface area contributed by atoms with Gasteiger partial charge in [-0.25, -0.2) is 4.79 Å². The molecule has 2 aromatic carbocycles. The Bertz CT molecular complexity index is 786. The molecule has 0 spiro atoms. The Labute approximate surface area is 171 Å². The van der Waals surface area contributed by atoms with Gasteiger partial charge in [-0.1, -0.05) is 25.1 Å². The summed E-state index contributed by atoms with van der Waals surface area (Å²) in [5.41, 5.74) is 1.84. The highest BCUT2D eigenvalue weighted by atomic mass is 16.6. The van der Waals surface area contributed by atoms with Gasteiger partial charge in [0.05, 0.1) is 0 Å². The second kappa shape index (κ2) is 10.5. The van der Waals surface area contributed by atoms with Crippen molar-refractivity contribution in [1.82, 2.24) is 0 Å². The molecule has 0 unspecified atom stereocenters. The number of benzene rings is 2. The van der Waals surface area contributed by atoms with E-state index in [-0.39, 0.29) is 12.5 Å². The van der Waals surface area contributed by atoms with Gasteiger partial charge in [-0.05, 0) is 62.1 Å². The second-order valence-electron chi connectivity index (χ2n) is 7.08. The predicted octanol–water partition coefficient (Wildman–Crippen LogP) is 4.02. The van der Waals surface area contributed by atoms with Gasteiger partial charge in [0.15, 0.2) is 12.7 Å². The van der Waals surface area contributed by atoms with Crippen molar-refractivity contribution < 1.29 is 19.1 Å². The molecular weight excluding hydrogens is 368 g/mol. The topological polar surface area (TPSA) is 67.9 Å². The third-order valence-electron chi connectivity index (χ3n) is 4.87. The van der Waals surface area contributed by atoms with Crippen molar-refractivity contribution in [3.63, 3.8) is 0 Å². The van der Waals surface area contributed by atoms with E-state index in [1.54, 1.807) is 12.1 Å². The largest absolute Gasteiger partial charge is 0.479 e. The molecule has 154 valence electrons. The normalized spacial score (nSPS) is 14.7. The maximum absolute atomic E-state index is 12.2. The first-order valence-corrected chi connectivity index (χ1v) is 10.2. The summed E-state index contributed by atoms with van der Waals surface area (Å²) in [6.45, 7) is 3.64. The monoisotopic (exact) mass is 396 g/mol. The van der Waals surface area contributed by atoms with Crippen molar-refractivity contribution in [1.29, 1.82) is 0 Å². The van der Waals surface area contributed by atoms with E-state index in [9.17, 15) is 9.59 Å². The van der Waals surface area contributed by atoms with Gasteiger partial charge in [-0.15, -0.1) is 0 Å². The number of esters is 1. The maximum Gasteiger partial charge on any atom is 0.347 e. The van der Waals surface area contributed by atoms with Crippen LogP contribution in [0.5, 0.6) is 5.75 Å². The lowest BCUT2D eigenvalue weighted by Gasteiger charge is -2.28. The number of carbonyl (C=O) groups excluding carboxylic acids is 2. The fraction of sp³-hybridized carbons (Fsp3) is 0.391. The molecule has 1 aliphatic heterocycles. The zero-order valence-electron chi connectivity index (χ0n) is 16.8. The van der Waals surface area contributed by atoms with Gasteiger partial charge in [-0.3, -0.25) is 4.79 Å². The van der Waals surface area contributed by atoms with Crippen LogP contribution in [0.4, 0.5) is 11.4 Å². The minimum atomic E-state index is -0.742. The zero-order valence-corrected chi connectivity index (χ0v) is 16.8. The van der Waals surface area contributed by atoms with Gasteiger partial charge in [0.2, 0.25) is 0 Å². The summed E-state index contributed by atoms with van der Waals surface area (Å²) >= 11 is 0. The highest BCUT2D eigenvalue weighted by Crippen LogP contribution is 2.21. The van der Waals surface area contributed by atoms with Crippen molar-refractivity contribution in [2.45, 2.75) is 38.7 Å². The van der Waals surface area contributed by atoms with Gasteiger partial charge in [-0.2, -0.15) is 0 Å². The first-order chi connectivity index (χ1) is 14.2. The quantitative estimate of drug-likeness (QED) is 0.683. The van der Waals surface area contributed by atoms with Crippen LogP contribution < -0.4 is 15.0 Å². The molecule has 2 aromatic rings. The summed E-state index contributed by atoms with van der Waals surface area (Å²) in [4.78, 5) is 26.7. The Morgan fingerprint density at radius 2 is 1.69 bits per heavy atom. The molecule has 1 aliphatic rings. The van der Waals surface area contributed by atoms with Gasteiger partial charge in [0.1, 0.15) is 5.75 Å². The van der Waals surface area contributed by atoms with Crippen LogP contribution in [0.3, 0.4) is 0 Å². The summed E-state index contributed by atoms with van der Waals surface area (Å²) < 4.78 is 10.8. The predicted molar refractivity (Wildman–Crippen MR) is 113 cm³/mol. The molecule has 6 heteroatoms. The first kappa shape index (κ1) is 20.7. The number of amides is 1. The summed E-state index contributed by atoms with van der Waals surface area (Å²) in [5, 5.41) is 2.76. The molecule has 0 radical (unpaired) electrons. The lowest BCUT2D eigenvalue weighted by molar-refractivity contribution is -0.154. The molecule has 29 heavy (non-hydrogen) atoms. The van der Waals surface area contributed by atoms with E-state index < -0.39 is 12.1 Å². The summed E-state index contributed by atoms with van der Waals surface area (Å²) in [6.07, 6.45) is 3.44. The Kier molecular flexibility index (Phi) is 7.50. The number of para-hydroxylation sites is 1. The van der Waals surface area contributed by atoms with Crippen LogP contribution in [0.15, 0.2) is 54.6 Å². The van der Waals surface area contributed by atoms with Crippen molar-refractivity contribution in [3.8, 4) is 5.75 Å². The van der Waals surface area contributed by atoms with Crippen molar-refractivity contribution in [2.75, 3.05) is 29.9 Å². The van der Waals surface area contributed by atoms with Crippen LogP contribution in [0, 0.1) is 0 Å². The van der Waals surface area contributed by atoms with E-state index in [2.05, 4.69) is 10.2 Å². The lowest BCUT2D eigenvalue weighted by atomic mass is 10.1. The first-order valence-electron chi connectivity index (χ1n) is 10.2. The van der Waals surface area contributed by atoms with Gasteiger partial charge in [0.25, 0.3) is 5.91 Å². The number of rotatable bonds is 8. The van der Waals surface area contributed by atoms with Crippen LogP contribution in [0.2, 0.25) is 0 Å². The molecular formula is C23H28N2O4. The summed E-state index contributed by atoms with van der Waals surface area (Å²) in [6, 6.07) is 16.8. The number of carbonyl (C=O) groups is 2. The van der Waals surface area contributed by atoms with Crippen LogP contribution >= 0.6 is 0 Å². The Morgan fingerprint density at radius 3 is 2.34 bits per heavy atom. The molecule has 0 aliphatic carbocycles. The maximum atomic E-state index is 12.2. The molecule has 3 rings (SSSR count). The van der Waals surface area contributed by atoms with Gasteiger partial charge in [0, 0.05) is 24.5 Å². The van der Waals surface area contributed by atoms with Crippen LogP contribution in [-0.4, -0.2) is 37.7 Å². The Hall–Kier alpha value is -3.02. The number of nitrogens with zero attached hydrogens (tertiary/aromatic N) is 1. The van der Waals surface area contributed by atoms with Crippen molar-refractivity contribution >= 4 is 23.3 Å². The van der Waals surface area contributed by atoms with E-state index in [0.29, 0.717) is 17.9 Å². The van der Waals surface area contributed by atoms with Gasteiger partial charge >= 0.3 is 5.97 Å². The molecule has 1 amide bonds. The van der Waals surface area contributed by atoms with Crippen molar-refractivity contribution in [3.05, 3.63) is 54.6 Å². The number of piperidine rings is 1. The van der Waals surface area contributed by atoms with Crippen LogP contribution in [-0.2, 0) is 14.3 Å². The number of nitrogens with one attached hydrogen (secondary N) is 1. The molecule has 1 heterocycles. The molecule has 1 fully saturated rings. The number of ether oxygens (including phenoxy) is 2.